The van der Waals surface area contributed by atoms with Crippen LogP contribution in [0.3, 0.4) is 0 Å². The molecular weight excluding hydrogens is 469 g/mol. The van der Waals surface area contributed by atoms with Crippen LogP contribution in [0, 0.1) is 5.92 Å². The van der Waals surface area contributed by atoms with Crippen LogP contribution >= 0.6 is 34.8 Å². The molecule has 32 heavy (non-hydrogen) atoms. The summed E-state index contributed by atoms with van der Waals surface area (Å²) >= 11 is 18.9. The van der Waals surface area contributed by atoms with Crippen LogP contribution in [0.15, 0.2) is 36.4 Å². The van der Waals surface area contributed by atoms with Crippen LogP contribution in [-0.2, 0) is 9.53 Å². The molecule has 0 saturated carbocycles. The molecule has 0 radical (unpaired) electrons. The van der Waals surface area contributed by atoms with E-state index in [0.717, 1.165) is 56.0 Å². The Morgan fingerprint density at radius 2 is 1.72 bits per heavy atom. The lowest BCUT2D eigenvalue weighted by molar-refractivity contribution is -0.138. The fourth-order valence-corrected chi connectivity index (χ4v) is 5.12. The maximum absolute atomic E-state index is 12.8. The van der Waals surface area contributed by atoms with Crippen LogP contribution in [0.5, 0.6) is 0 Å². The lowest BCUT2D eigenvalue weighted by atomic mass is 9.98. The van der Waals surface area contributed by atoms with Gasteiger partial charge in [0.2, 0.25) is 5.91 Å². The molecule has 2 aromatic carbocycles. The van der Waals surface area contributed by atoms with Gasteiger partial charge >= 0.3 is 0 Å². The molecule has 5 nitrogen and oxygen atoms in total. The van der Waals surface area contributed by atoms with Crippen molar-refractivity contribution >= 4 is 52.1 Å². The van der Waals surface area contributed by atoms with Crippen LogP contribution in [0.2, 0.25) is 15.1 Å². The van der Waals surface area contributed by atoms with Gasteiger partial charge in [0.05, 0.1) is 16.8 Å². The summed E-state index contributed by atoms with van der Waals surface area (Å²) in [5.74, 6) is 0.392. The van der Waals surface area contributed by atoms with Gasteiger partial charge in [-0.3, -0.25) is 4.79 Å². The number of halogens is 3. The fourth-order valence-electron chi connectivity index (χ4n) is 4.37. The van der Waals surface area contributed by atoms with Crippen molar-refractivity contribution in [1.29, 1.82) is 0 Å². The van der Waals surface area contributed by atoms with Gasteiger partial charge in [0.25, 0.3) is 0 Å². The molecule has 0 spiro atoms. The fraction of sp³-hybridized carbons (Fsp3) is 0.458. The molecule has 1 atom stereocenters. The van der Waals surface area contributed by atoms with Crippen LogP contribution in [0.4, 0.5) is 11.4 Å². The zero-order chi connectivity index (χ0) is 22.7. The van der Waals surface area contributed by atoms with E-state index in [-0.39, 0.29) is 17.9 Å². The van der Waals surface area contributed by atoms with E-state index in [9.17, 15) is 4.79 Å². The number of nitrogens with one attached hydrogen (secondary N) is 1. The lowest BCUT2D eigenvalue weighted by Gasteiger charge is -2.38. The number of hydrogen-bond donors (Lipinski definition) is 1. The van der Waals surface area contributed by atoms with Gasteiger partial charge < -0.3 is 19.9 Å². The Hall–Kier alpha value is -1.66. The van der Waals surface area contributed by atoms with E-state index in [1.54, 1.807) is 6.07 Å². The number of nitrogens with zero attached hydrogens (tertiary/aromatic N) is 2. The smallest absolute Gasteiger partial charge is 0.225 e. The molecule has 0 aliphatic carbocycles. The molecule has 2 saturated heterocycles. The highest BCUT2D eigenvalue weighted by atomic mass is 35.5. The molecule has 4 rings (SSSR count). The molecule has 2 aliphatic rings. The maximum atomic E-state index is 12.8. The summed E-state index contributed by atoms with van der Waals surface area (Å²) < 4.78 is 5.39. The average molecular weight is 497 g/mol. The van der Waals surface area contributed by atoms with Gasteiger partial charge in [-0.15, -0.1) is 0 Å². The normalized spacial score (nSPS) is 18.5. The Labute approximate surface area is 204 Å². The molecule has 172 valence electrons. The average Bonchev–Trinajstić information content (AvgIpc) is 2.80. The number of hydrogen-bond acceptors (Lipinski definition) is 4. The van der Waals surface area contributed by atoms with Gasteiger partial charge in [0, 0.05) is 61.0 Å². The summed E-state index contributed by atoms with van der Waals surface area (Å²) in [6.45, 7) is 6.49. The van der Waals surface area contributed by atoms with Gasteiger partial charge in [-0.25, -0.2) is 0 Å². The Balaban J connectivity index is 1.40. The minimum atomic E-state index is -0.0403. The number of amides is 1. The molecule has 8 heteroatoms. The van der Waals surface area contributed by atoms with Gasteiger partial charge in [0.1, 0.15) is 0 Å². The SMILES string of the molecule is C[C@@H](Nc1cc(N2CCN(C(=O)C3CCOCC3)CC2)ccc1Cl)c1ccc(Cl)cc1Cl. The van der Waals surface area contributed by atoms with Crippen molar-refractivity contribution < 1.29 is 9.53 Å². The Bertz CT molecular complexity index is 958. The third-order valence-electron chi connectivity index (χ3n) is 6.28. The molecule has 1 N–H and O–H groups in total. The van der Waals surface area contributed by atoms with Gasteiger partial charge in [-0.05, 0) is 55.7 Å². The standard InChI is InChI=1S/C24H28Cl3N3O2/c1-16(20-4-2-18(25)14-22(20)27)28-23-15-19(3-5-21(23)26)29-8-10-30(11-9-29)24(31)17-6-12-32-13-7-17/h2-5,14-17,28H,6-13H2,1H3/t16-/m1/s1. The number of anilines is 2. The minimum Gasteiger partial charge on any atom is -0.381 e. The van der Waals surface area contributed by atoms with Crippen molar-refractivity contribution in [2.45, 2.75) is 25.8 Å². The van der Waals surface area contributed by atoms with Gasteiger partial charge in [-0.2, -0.15) is 0 Å². The van der Waals surface area contributed by atoms with Crippen LogP contribution in [0.1, 0.15) is 31.4 Å². The first-order chi connectivity index (χ1) is 15.4. The second kappa shape index (κ2) is 10.5. The summed E-state index contributed by atoms with van der Waals surface area (Å²) in [6, 6.07) is 11.5. The van der Waals surface area contributed by atoms with Crippen LogP contribution < -0.4 is 10.2 Å². The van der Waals surface area contributed by atoms with Crippen LogP contribution in [0.25, 0.3) is 0 Å². The van der Waals surface area contributed by atoms with Gasteiger partial charge in [0.15, 0.2) is 0 Å². The molecular formula is C24H28Cl3N3O2. The predicted molar refractivity (Wildman–Crippen MR) is 132 cm³/mol. The first-order valence-electron chi connectivity index (χ1n) is 11.0. The lowest BCUT2D eigenvalue weighted by Crippen LogP contribution is -2.51. The van der Waals surface area contributed by atoms with Crippen molar-refractivity contribution in [1.82, 2.24) is 4.90 Å². The molecule has 2 aliphatic heterocycles. The van der Waals surface area contributed by atoms with E-state index in [1.165, 1.54) is 0 Å². The minimum absolute atomic E-state index is 0.0403. The molecule has 0 unspecified atom stereocenters. The van der Waals surface area contributed by atoms with E-state index in [0.29, 0.717) is 28.3 Å². The second-order valence-corrected chi connectivity index (χ2v) is 9.65. The predicted octanol–water partition coefficient (Wildman–Crippen LogP) is 5.90. The van der Waals surface area contributed by atoms with Gasteiger partial charge in [-0.1, -0.05) is 40.9 Å². The third-order valence-corrected chi connectivity index (χ3v) is 7.17. The molecule has 2 aromatic rings. The van der Waals surface area contributed by atoms with E-state index in [1.807, 2.05) is 36.1 Å². The van der Waals surface area contributed by atoms with E-state index in [4.69, 9.17) is 39.5 Å². The van der Waals surface area contributed by atoms with E-state index >= 15 is 0 Å². The van der Waals surface area contributed by atoms with Crippen molar-refractivity contribution in [2.24, 2.45) is 5.92 Å². The number of carbonyl (C=O) groups excluding carboxylic acids is 1. The van der Waals surface area contributed by atoms with E-state index in [2.05, 4.69) is 16.3 Å². The highest BCUT2D eigenvalue weighted by Gasteiger charge is 2.29. The number of benzene rings is 2. The number of rotatable bonds is 5. The molecule has 1 amide bonds. The van der Waals surface area contributed by atoms with Crippen molar-refractivity contribution in [3.63, 3.8) is 0 Å². The quantitative estimate of drug-likeness (QED) is 0.560. The highest BCUT2D eigenvalue weighted by Crippen LogP contribution is 2.33. The zero-order valence-electron chi connectivity index (χ0n) is 18.1. The molecule has 2 heterocycles. The first-order valence-corrected chi connectivity index (χ1v) is 12.2. The van der Waals surface area contributed by atoms with Crippen molar-refractivity contribution in [3.05, 3.63) is 57.0 Å². The first kappa shape index (κ1) is 23.5. The molecule has 0 bridgehead atoms. The number of carbonyl (C=O) groups is 1. The summed E-state index contributed by atoms with van der Waals surface area (Å²) in [7, 11) is 0. The summed E-state index contributed by atoms with van der Waals surface area (Å²) in [5.41, 5.74) is 2.89. The molecule has 2 fully saturated rings. The topological polar surface area (TPSA) is 44.8 Å². The van der Waals surface area contributed by atoms with Crippen LogP contribution in [-0.4, -0.2) is 50.2 Å². The summed E-state index contributed by atoms with van der Waals surface area (Å²) in [4.78, 5) is 17.1. The summed E-state index contributed by atoms with van der Waals surface area (Å²) in [6.07, 6.45) is 1.67. The highest BCUT2D eigenvalue weighted by molar-refractivity contribution is 6.35. The van der Waals surface area contributed by atoms with E-state index < -0.39 is 0 Å². The number of piperazine rings is 1. The Morgan fingerprint density at radius 3 is 2.41 bits per heavy atom. The molecule has 0 aromatic heterocycles. The third kappa shape index (κ3) is 5.45. The second-order valence-electron chi connectivity index (χ2n) is 8.39. The van der Waals surface area contributed by atoms with Crippen molar-refractivity contribution in [3.8, 4) is 0 Å². The maximum Gasteiger partial charge on any atom is 0.225 e. The Kier molecular flexibility index (Phi) is 7.72. The number of ether oxygens (including phenoxy) is 1. The zero-order valence-corrected chi connectivity index (χ0v) is 20.4. The monoisotopic (exact) mass is 495 g/mol. The summed E-state index contributed by atoms with van der Waals surface area (Å²) in [5, 5.41) is 5.36. The van der Waals surface area contributed by atoms with Crippen molar-refractivity contribution in [2.75, 3.05) is 49.6 Å². The largest absolute Gasteiger partial charge is 0.381 e. The Morgan fingerprint density at radius 1 is 1.00 bits per heavy atom.